The van der Waals surface area contributed by atoms with Crippen molar-refractivity contribution < 1.29 is 34.4 Å². The molecule has 4 unspecified atom stereocenters. The number of aliphatic hydroxyl groups excluding tert-OH is 4. The van der Waals surface area contributed by atoms with E-state index in [4.69, 9.17) is 14.3 Å². The van der Waals surface area contributed by atoms with Crippen LogP contribution in [0.2, 0.25) is 0 Å². The number of anilines is 1. The molecular formula is C17H19NO8. The Labute approximate surface area is 147 Å². The molecule has 1 aliphatic rings. The number of carbonyl (C=O) groups is 1. The van der Waals surface area contributed by atoms with Crippen LogP contribution in [0.25, 0.3) is 11.0 Å². The number of ether oxygens (including phenoxy) is 1. The molecule has 1 fully saturated rings. The molecule has 26 heavy (non-hydrogen) atoms. The van der Waals surface area contributed by atoms with E-state index in [1.54, 1.807) is 12.1 Å². The Balaban J connectivity index is 1.88. The largest absolute Gasteiger partial charge is 0.422 e. The Hall–Kier alpha value is -2.30. The fourth-order valence-corrected chi connectivity index (χ4v) is 2.89. The number of ketones is 1. The van der Waals surface area contributed by atoms with Crippen molar-refractivity contribution in [2.24, 2.45) is 0 Å². The molecule has 1 saturated heterocycles. The molecule has 2 aromatic rings. The van der Waals surface area contributed by atoms with Crippen LogP contribution < -0.4 is 10.9 Å². The van der Waals surface area contributed by atoms with Gasteiger partial charge in [0.1, 0.15) is 35.5 Å². The molecule has 0 radical (unpaired) electrons. The third kappa shape index (κ3) is 3.35. The second-order valence-corrected chi connectivity index (χ2v) is 6.16. The van der Waals surface area contributed by atoms with E-state index in [0.29, 0.717) is 11.1 Å². The molecule has 0 spiro atoms. The first-order valence-electron chi connectivity index (χ1n) is 7.97. The summed E-state index contributed by atoms with van der Waals surface area (Å²) in [6, 6.07) is 5.01. The van der Waals surface area contributed by atoms with Crippen LogP contribution in [0, 0.1) is 0 Å². The van der Waals surface area contributed by atoms with Gasteiger partial charge in [-0.1, -0.05) is 0 Å². The van der Waals surface area contributed by atoms with Crippen LogP contribution in [0.5, 0.6) is 0 Å². The van der Waals surface area contributed by atoms with Crippen LogP contribution in [-0.4, -0.2) is 63.5 Å². The van der Waals surface area contributed by atoms with Crippen LogP contribution in [0.3, 0.4) is 0 Å². The number of fused-ring (bicyclic) bond motifs is 1. The minimum Gasteiger partial charge on any atom is -0.422 e. The lowest BCUT2D eigenvalue weighted by atomic mass is 9.97. The van der Waals surface area contributed by atoms with Crippen molar-refractivity contribution in [1.82, 2.24) is 0 Å². The SMILES string of the molecule is CC(=O)c1cc2ccc(NC3C(O)OC(CO)[C@H](O)C3O)cc2oc1=O. The Morgan fingerprint density at radius 1 is 1.19 bits per heavy atom. The van der Waals surface area contributed by atoms with Gasteiger partial charge in [0.15, 0.2) is 12.1 Å². The highest BCUT2D eigenvalue weighted by Gasteiger charge is 2.43. The Morgan fingerprint density at radius 2 is 1.92 bits per heavy atom. The Morgan fingerprint density at radius 3 is 2.58 bits per heavy atom. The molecule has 1 aromatic heterocycles. The first-order chi connectivity index (χ1) is 12.3. The molecule has 1 aromatic carbocycles. The fraction of sp³-hybridized carbons (Fsp3) is 0.412. The molecule has 2 heterocycles. The van der Waals surface area contributed by atoms with Gasteiger partial charge in [-0.3, -0.25) is 4.79 Å². The predicted molar refractivity (Wildman–Crippen MR) is 89.9 cm³/mol. The first kappa shape index (κ1) is 18.5. The number of rotatable bonds is 4. The van der Waals surface area contributed by atoms with E-state index in [1.807, 2.05) is 0 Å². The first-order valence-corrected chi connectivity index (χ1v) is 7.97. The zero-order valence-electron chi connectivity index (χ0n) is 13.8. The summed E-state index contributed by atoms with van der Waals surface area (Å²) < 4.78 is 10.2. The summed E-state index contributed by atoms with van der Waals surface area (Å²) in [4.78, 5) is 23.2. The van der Waals surface area contributed by atoms with Crippen molar-refractivity contribution >= 4 is 22.4 Å². The summed E-state index contributed by atoms with van der Waals surface area (Å²) in [6.07, 6.45) is -5.37. The van der Waals surface area contributed by atoms with E-state index in [1.165, 1.54) is 19.1 Å². The number of hydrogen-bond acceptors (Lipinski definition) is 9. The maximum absolute atomic E-state index is 11.8. The van der Waals surface area contributed by atoms with Crippen LogP contribution in [-0.2, 0) is 4.74 Å². The molecule has 9 heteroatoms. The standard InChI is InChI=1S/C17H19NO8/c1-7(20)10-4-8-2-3-9(5-11(8)25-16(10)23)18-13-15(22)14(21)12(6-19)26-17(13)24/h2-5,12-15,17-19,21-22,24H,6H2,1H3/t12?,13?,14-,15?,17?/m0/s1. The molecule has 0 bridgehead atoms. The summed E-state index contributed by atoms with van der Waals surface area (Å²) in [5.41, 5.74) is -0.218. The highest BCUT2D eigenvalue weighted by Crippen LogP contribution is 2.25. The normalized spacial score (nSPS) is 28.9. The second-order valence-electron chi connectivity index (χ2n) is 6.16. The van der Waals surface area contributed by atoms with Gasteiger partial charge < -0.3 is 34.9 Å². The topological polar surface area (TPSA) is 149 Å². The van der Waals surface area contributed by atoms with E-state index in [2.05, 4.69) is 5.32 Å². The van der Waals surface area contributed by atoms with Gasteiger partial charge in [-0.2, -0.15) is 0 Å². The van der Waals surface area contributed by atoms with Crippen LogP contribution >= 0.6 is 0 Å². The molecule has 5 N–H and O–H groups in total. The molecule has 1 aliphatic heterocycles. The molecule has 0 aliphatic carbocycles. The molecule has 140 valence electrons. The van der Waals surface area contributed by atoms with Crippen molar-refractivity contribution in [3.05, 3.63) is 40.2 Å². The minimum atomic E-state index is -1.48. The van der Waals surface area contributed by atoms with Crippen LogP contribution in [0.1, 0.15) is 17.3 Å². The van der Waals surface area contributed by atoms with E-state index in [9.17, 15) is 24.9 Å². The van der Waals surface area contributed by atoms with Gasteiger partial charge in [0, 0.05) is 17.1 Å². The average Bonchev–Trinajstić information content (AvgIpc) is 2.60. The van der Waals surface area contributed by atoms with Crippen molar-refractivity contribution in [3.63, 3.8) is 0 Å². The summed E-state index contributed by atoms with van der Waals surface area (Å²) in [7, 11) is 0. The number of Topliss-reactive ketones (excluding diaryl/α,β-unsaturated/α-hetero) is 1. The monoisotopic (exact) mass is 365 g/mol. The quantitative estimate of drug-likeness (QED) is 0.347. The lowest BCUT2D eigenvalue weighted by molar-refractivity contribution is -0.245. The summed E-state index contributed by atoms with van der Waals surface area (Å²) in [5, 5.41) is 42.5. The third-order valence-electron chi connectivity index (χ3n) is 4.35. The van der Waals surface area contributed by atoms with Gasteiger partial charge in [-0.05, 0) is 25.1 Å². The zero-order valence-corrected chi connectivity index (χ0v) is 13.8. The van der Waals surface area contributed by atoms with Crippen LogP contribution in [0.15, 0.2) is 33.5 Å². The van der Waals surface area contributed by atoms with E-state index in [0.717, 1.165) is 0 Å². The average molecular weight is 365 g/mol. The highest BCUT2D eigenvalue weighted by molar-refractivity contribution is 5.96. The molecule has 5 atom stereocenters. The lowest BCUT2D eigenvalue weighted by Crippen LogP contribution is -2.61. The van der Waals surface area contributed by atoms with Crippen molar-refractivity contribution in [2.75, 3.05) is 11.9 Å². The fourth-order valence-electron chi connectivity index (χ4n) is 2.89. The van der Waals surface area contributed by atoms with Gasteiger partial charge in [0.25, 0.3) is 0 Å². The summed E-state index contributed by atoms with van der Waals surface area (Å²) >= 11 is 0. The number of carbonyl (C=O) groups excluding carboxylic acids is 1. The number of hydrogen-bond donors (Lipinski definition) is 5. The Bertz CT molecular complexity index is 879. The molecular weight excluding hydrogens is 346 g/mol. The van der Waals surface area contributed by atoms with Crippen molar-refractivity contribution in [3.8, 4) is 0 Å². The van der Waals surface area contributed by atoms with Gasteiger partial charge in [-0.25, -0.2) is 4.79 Å². The predicted octanol–water partition coefficient (Wildman–Crippen LogP) is -0.793. The van der Waals surface area contributed by atoms with Crippen LogP contribution in [0.4, 0.5) is 5.69 Å². The molecule has 0 saturated carbocycles. The van der Waals surface area contributed by atoms with E-state index in [-0.39, 0.29) is 11.1 Å². The summed E-state index contributed by atoms with van der Waals surface area (Å²) in [5.74, 6) is -0.402. The van der Waals surface area contributed by atoms with Crippen molar-refractivity contribution in [2.45, 2.75) is 37.6 Å². The van der Waals surface area contributed by atoms with Gasteiger partial charge >= 0.3 is 5.63 Å². The van der Waals surface area contributed by atoms with Crippen molar-refractivity contribution in [1.29, 1.82) is 0 Å². The summed E-state index contributed by atoms with van der Waals surface area (Å²) in [6.45, 7) is 0.715. The number of nitrogens with one attached hydrogen (secondary N) is 1. The number of aliphatic hydroxyl groups is 4. The molecule has 3 rings (SSSR count). The third-order valence-corrected chi connectivity index (χ3v) is 4.35. The highest BCUT2D eigenvalue weighted by atomic mass is 16.6. The van der Waals surface area contributed by atoms with E-state index >= 15 is 0 Å². The maximum Gasteiger partial charge on any atom is 0.347 e. The van der Waals surface area contributed by atoms with Gasteiger partial charge in [0.05, 0.1) is 6.61 Å². The molecule has 9 nitrogen and oxygen atoms in total. The second kappa shape index (κ2) is 7.14. The smallest absolute Gasteiger partial charge is 0.347 e. The Kier molecular flexibility index (Phi) is 5.08. The van der Waals surface area contributed by atoms with Gasteiger partial charge in [0.2, 0.25) is 0 Å². The van der Waals surface area contributed by atoms with E-state index < -0.39 is 48.7 Å². The zero-order chi connectivity index (χ0) is 19.0. The lowest BCUT2D eigenvalue weighted by Gasteiger charge is -2.40. The maximum atomic E-state index is 11.8. The van der Waals surface area contributed by atoms with Gasteiger partial charge in [-0.15, -0.1) is 0 Å². The molecule has 0 amide bonds. The number of benzene rings is 1. The minimum absolute atomic E-state index is 0.0529.